The zero-order chi connectivity index (χ0) is 18.3. The highest BCUT2D eigenvalue weighted by atomic mass is 15.2. The SMILES string of the molecule is CC1C2CCC3C4CC=C5C[C@@H](N(C)C)CCC5(C)C4CCC32CN1C. The van der Waals surface area contributed by atoms with Crippen LogP contribution in [0.4, 0.5) is 0 Å². The molecule has 26 heavy (non-hydrogen) atoms. The van der Waals surface area contributed by atoms with Crippen molar-refractivity contribution in [3.05, 3.63) is 11.6 Å². The Morgan fingerprint density at radius 3 is 2.58 bits per heavy atom. The number of fused-ring (bicyclic) bond motifs is 4. The molecule has 0 N–H and O–H groups in total. The summed E-state index contributed by atoms with van der Waals surface area (Å²) in [6.07, 6.45) is 14.4. The molecule has 1 heterocycles. The molecule has 1 spiro atoms. The molecule has 0 aromatic carbocycles. The van der Waals surface area contributed by atoms with E-state index in [9.17, 15) is 0 Å². The highest BCUT2D eigenvalue weighted by molar-refractivity contribution is 5.26. The van der Waals surface area contributed by atoms with Crippen molar-refractivity contribution in [3.63, 3.8) is 0 Å². The van der Waals surface area contributed by atoms with Crippen molar-refractivity contribution in [1.82, 2.24) is 9.80 Å². The summed E-state index contributed by atoms with van der Waals surface area (Å²) in [6.45, 7) is 6.56. The van der Waals surface area contributed by atoms with Gasteiger partial charge in [0.15, 0.2) is 0 Å². The van der Waals surface area contributed by atoms with E-state index in [1.165, 1.54) is 57.9 Å². The van der Waals surface area contributed by atoms with E-state index >= 15 is 0 Å². The summed E-state index contributed by atoms with van der Waals surface area (Å²) in [7, 11) is 6.95. The van der Waals surface area contributed by atoms with E-state index in [4.69, 9.17) is 0 Å². The average Bonchev–Trinajstić information content (AvgIpc) is 3.08. The number of likely N-dealkylation sites (tertiary alicyclic amines) is 1. The van der Waals surface area contributed by atoms with Crippen molar-refractivity contribution in [3.8, 4) is 0 Å². The third-order valence-electron chi connectivity index (χ3n) is 10.4. The first-order chi connectivity index (χ1) is 12.4. The lowest BCUT2D eigenvalue weighted by Gasteiger charge is -2.58. The van der Waals surface area contributed by atoms with Gasteiger partial charge >= 0.3 is 0 Å². The number of nitrogens with zero attached hydrogens (tertiary/aromatic N) is 2. The third-order valence-corrected chi connectivity index (χ3v) is 10.4. The van der Waals surface area contributed by atoms with Gasteiger partial charge in [0.2, 0.25) is 0 Å². The second kappa shape index (κ2) is 5.83. The van der Waals surface area contributed by atoms with Crippen LogP contribution in [0.2, 0.25) is 0 Å². The van der Waals surface area contributed by atoms with Crippen LogP contribution in [0.25, 0.3) is 0 Å². The minimum absolute atomic E-state index is 0.519. The van der Waals surface area contributed by atoms with E-state index in [1.54, 1.807) is 0 Å². The molecule has 0 amide bonds. The maximum Gasteiger partial charge on any atom is 0.0127 e. The van der Waals surface area contributed by atoms with Crippen molar-refractivity contribution in [2.45, 2.75) is 77.3 Å². The van der Waals surface area contributed by atoms with Gasteiger partial charge in [0.1, 0.15) is 0 Å². The van der Waals surface area contributed by atoms with Gasteiger partial charge in [-0.1, -0.05) is 18.6 Å². The summed E-state index contributed by atoms with van der Waals surface area (Å²) in [5.74, 6) is 3.96. The van der Waals surface area contributed by atoms with Gasteiger partial charge in [-0.05, 0) is 114 Å². The highest BCUT2D eigenvalue weighted by Gasteiger charge is 2.63. The molecule has 8 atom stereocenters. The molecule has 4 aliphatic carbocycles. The van der Waals surface area contributed by atoms with Crippen LogP contribution in [0.15, 0.2) is 11.6 Å². The minimum atomic E-state index is 0.519. The Morgan fingerprint density at radius 1 is 1.04 bits per heavy atom. The molecule has 4 fully saturated rings. The summed E-state index contributed by atoms with van der Waals surface area (Å²) in [6, 6.07) is 1.60. The lowest BCUT2D eigenvalue weighted by Crippen LogP contribution is -2.52. The van der Waals surface area contributed by atoms with Crippen LogP contribution in [0.5, 0.6) is 0 Å². The first kappa shape index (κ1) is 17.7. The van der Waals surface area contributed by atoms with Crippen LogP contribution in [0.1, 0.15) is 65.2 Å². The molecule has 2 nitrogen and oxygen atoms in total. The summed E-state index contributed by atoms with van der Waals surface area (Å²) in [4.78, 5) is 5.17. The predicted octanol–water partition coefficient (Wildman–Crippen LogP) is 4.81. The number of allylic oxidation sites excluding steroid dienone is 1. The van der Waals surface area contributed by atoms with E-state index in [0.717, 1.165) is 35.8 Å². The molecule has 1 saturated heterocycles. The molecule has 0 radical (unpaired) electrons. The summed E-state index contributed by atoms with van der Waals surface area (Å²) < 4.78 is 0. The Morgan fingerprint density at radius 2 is 1.81 bits per heavy atom. The molecule has 146 valence electrons. The Hall–Kier alpha value is -0.340. The monoisotopic (exact) mass is 356 g/mol. The van der Waals surface area contributed by atoms with Crippen molar-refractivity contribution in [1.29, 1.82) is 0 Å². The second-order valence-electron chi connectivity index (χ2n) is 11.2. The van der Waals surface area contributed by atoms with Gasteiger partial charge in [0.05, 0.1) is 0 Å². The Kier molecular flexibility index (Phi) is 3.98. The molecule has 5 rings (SSSR count). The van der Waals surface area contributed by atoms with Gasteiger partial charge in [-0.15, -0.1) is 0 Å². The first-order valence-electron chi connectivity index (χ1n) is 11.4. The zero-order valence-corrected chi connectivity index (χ0v) is 17.8. The third kappa shape index (κ3) is 2.18. The number of rotatable bonds is 1. The Balaban J connectivity index is 1.45. The van der Waals surface area contributed by atoms with E-state index in [2.05, 4.69) is 50.9 Å². The Bertz CT molecular complexity index is 609. The van der Waals surface area contributed by atoms with Crippen LogP contribution in [0.3, 0.4) is 0 Å². The van der Waals surface area contributed by atoms with Crippen LogP contribution < -0.4 is 0 Å². The molecule has 0 aromatic rings. The summed E-state index contributed by atoms with van der Waals surface area (Å²) in [5, 5.41) is 0. The van der Waals surface area contributed by atoms with Gasteiger partial charge in [-0.3, -0.25) is 0 Å². The topological polar surface area (TPSA) is 6.48 Å². The normalized spacial score (nSPS) is 53.7. The van der Waals surface area contributed by atoms with Gasteiger partial charge in [-0.25, -0.2) is 0 Å². The fourth-order valence-corrected chi connectivity index (χ4v) is 8.88. The molecule has 3 saturated carbocycles. The van der Waals surface area contributed by atoms with Gasteiger partial charge in [0, 0.05) is 18.6 Å². The predicted molar refractivity (Wildman–Crippen MR) is 109 cm³/mol. The Labute approximate surface area is 161 Å². The standard InChI is InChI=1S/C24H40N2/c1-16-20-8-9-22-19-7-6-17-14-18(25(3)4)10-12-23(17,2)21(19)11-13-24(20,22)15-26(16)5/h6,16,18-22H,7-15H2,1-5H3/t16?,18-,19?,20?,21?,22?,23?,24?/m0/s1. The van der Waals surface area contributed by atoms with Crippen LogP contribution in [-0.2, 0) is 0 Å². The van der Waals surface area contributed by atoms with Crippen molar-refractivity contribution in [2.24, 2.45) is 34.5 Å². The fraction of sp³-hybridized carbons (Fsp3) is 0.917. The molecule has 5 aliphatic rings. The number of hydrogen-bond acceptors (Lipinski definition) is 2. The van der Waals surface area contributed by atoms with E-state index in [0.29, 0.717) is 10.8 Å². The quantitative estimate of drug-likeness (QED) is 0.622. The van der Waals surface area contributed by atoms with Gasteiger partial charge in [0.25, 0.3) is 0 Å². The summed E-state index contributed by atoms with van der Waals surface area (Å²) >= 11 is 0. The maximum atomic E-state index is 2.74. The van der Waals surface area contributed by atoms with Crippen molar-refractivity contribution in [2.75, 3.05) is 27.7 Å². The minimum Gasteiger partial charge on any atom is -0.306 e. The van der Waals surface area contributed by atoms with E-state index in [1.807, 2.05) is 5.57 Å². The van der Waals surface area contributed by atoms with Crippen LogP contribution in [0, 0.1) is 34.5 Å². The van der Waals surface area contributed by atoms with E-state index in [-0.39, 0.29) is 0 Å². The highest BCUT2D eigenvalue weighted by Crippen LogP contribution is 2.68. The molecule has 7 unspecified atom stereocenters. The molecule has 0 aromatic heterocycles. The van der Waals surface area contributed by atoms with Crippen molar-refractivity contribution < 1.29 is 0 Å². The van der Waals surface area contributed by atoms with Crippen molar-refractivity contribution >= 4 is 0 Å². The van der Waals surface area contributed by atoms with Crippen LogP contribution in [-0.4, -0.2) is 49.6 Å². The molecular weight excluding hydrogens is 316 g/mol. The lowest BCUT2D eigenvalue weighted by molar-refractivity contribution is -0.0430. The van der Waals surface area contributed by atoms with Crippen LogP contribution >= 0.6 is 0 Å². The molecule has 2 heteroatoms. The largest absolute Gasteiger partial charge is 0.306 e. The average molecular weight is 357 g/mol. The maximum absolute atomic E-state index is 2.74. The molecular formula is C24H40N2. The van der Waals surface area contributed by atoms with Gasteiger partial charge < -0.3 is 9.80 Å². The molecule has 1 aliphatic heterocycles. The fourth-order valence-electron chi connectivity index (χ4n) is 8.88. The first-order valence-corrected chi connectivity index (χ1v) is 11.4. The smallest absolute Gasteiger partial charge is 0.0127 e. The second-order valence-corrected chi connectivity index (χ2v) is 11.2. The molecule has 0 bridgehead atoms. The lowest BCUT2D eigenvalue weighted by atomic mass is 9.47. The van der Waals surface area contributed by atoms with Gasteiger partial charge in [-0.2, -0.15) is 0 Å². The zero-order valence-electron chi connectivity index (χ0n) is 17.8. The van der Waals surface area contributed by atoms with E-state index < -0.39 is 0 Å². The summed E-state index contributed by atoms with van der Waals surface area (Å²) in [5.41, 5.74) is 3.04. The number of hydrogen-bond donors (Lipinski definition) is 0.